The van der Waals surface area contributed by atoms with Crippen LogP contribution in [0.4, 0.5) is 0 Å². The van der Waals surface area contributed by atoms with Gasteiger partial charge in [-0.3, -0.25) is 0 Å². The van der Waals surface area contributed by atoms with Crippen molar-refractivity contribution in [1.82, 2.24) is 4.57 Å². The highest BCUT2D eigenvalue weighted by atomic mass is 16.5. The first kappa shape index (κ1) is 14.6. The number of hydrogen-bond acceptors (Lipinski definition) is 4. The molecular formula is C14H19NO5. The number of carbonyl (C=O) groups is 2. The molecule has 0 amide bonds. The first-order chi connectivity index (χ1) is 9.49. The van der Waals surface area contributed by atoms with Crippen LogP contribution in [-0.2, 0) is 16.5 Å². The molecule has 110 valence electrons. The second-order valence-corrected chi connectivity index (χ2v) is 4.97. The first-order valence-electron chi connectivity index (χ1n) is 6.57. The normalized spacial score (nSPS) is 16.1. The van der Waals surface area contributed by atoms with Crippen LogP contribution < -0.4 is 0 Å². The van der Waals surface area contributed by atoms with E-state index in [0.717, 1.165) is 0 Å². The van der Waals surface area contributed by atoms with Gasteiger partial charge in [0.25, 0.3) is 0 Å². The SMILES string of the molecule is COC(=O)c1c(C2CCOCC2)c(C(=O)O)n(C)c1C. The van der Waals surface area contributed by atoms with Gasteiger partial charge in [-0.15, -0.1) is 0 Å². The molecule has 0 spiro atoms. The molecule has 0 aliphatic carbocycles. The molecule has 0 aromatic carbocycles. The maximum Gasteiger partial charge on any atom is 0.352 e. The first-order valence-corrected chi connectivity index (χ1v) is 6.57. The average Bonchev–Trinajstić information content (AvgIpc) is 2.71. The number of ether oxygens (including phenoxy) is 2. The van der Waals surface area contributed by atoms with E-state index in [2.05, 4.69) is 0 Å². The van der Waals surface area contributed by atoms with E-state index in [0.29, 0.717) is 42.9 Å². The van der Waals surface area contributed by atoms with Gasteiger partial charge in [-0.2, -0.15) is 0 Å². The Kier molecular flexibility index (Phi) is 4.13. The molecule has 1 aromatic rings. The van der Waals surface area contributed by atoms with Crippen molar-refractivity contribution in [2.45, 2.75) is 25.7 Å². The molecule has 0 saturated carbocycles. The summed E-state index contributed by atoms with van der Waals surface area (Å²) in [6.07, 6.45) is 1.43. The fourth-order valence-corrected chi connectivity index (χ4v) is 2.83. The molecule has 0 unspecified atom stereocenters. The fourth-order valence-electron chi connectivity index (χ4n) is 2.83. The van der Waals surface area contributed by atoms with Crippen molar-refractivity contribution in [1.29, 1.82) is 0 Å². The van der Waals surface area contributed by atoms with Crippen molar-refractivity contribution < 1.29 is 24.2 Å². The molecule has 1 saturated heterocycles. The van der Waals surface area contributed by atoms with E-state index in [1.807, 2.05) is 0 Å². The van der Waals surface area contributed by atoms with Gasteiger partial charge in [-0.25, -0.2) is 9.59 Å². The van der Waals surface area contributed by atoms with Crippen LogP contribution in [0.2, 0.25) is 0 Å². The van der Waals surface area contributed by atoms with Crippen LogP contribution in [0.25, 0.3) is 0 Å². The van der Waals surface area contributed by atoms with Gasteiger partial charge in [-0.05, 0) is 25.7 Å². The number of methoxy groups -OCH3 is 1. The number of aromatic nitrogens is 1. The summed E-state index contributed by atoms with van der Waals surface area (Å²) >= 11 is 0. The molecule has 2 heterocycles. The Labute approximate surface area is 117 Å². The van der Waals surface area contributed by atoms with Crippen molar-refractivity contribution in [3.05, 3.63) is 22.5 Å². The number of carbonyl (C=O) groups excluding carboxylic acids is 1. The molecule has 0 atom stereocenters. The van der Waals surface area contributed by atoms with Gasteiger partial charge < -0.3 is 19.1 Å². The number of carboxylic acid groups (broad SMARTS) is 1. The van der Waals surface area contributed by atoms with Gasteiger partial charge in [0.05, 0.1) is 12.7 Å². The predicted molar refractivity (Wildman–Crippen MR) is 71.2 cm³/mol. The van der Waals surface area contributed by atoms with E-state index in [-0.39, 0.29) is 11.6 Å². The van der Waals surface area contributed by atoms with Crippen molar-refractivity contribution in [2.24, 2.45) is 7.05 Å². The van der Waals surface area contributed by atoms with Gasteiger partial charge in [0.1, 0.15) is 5.69 Å². The lowest BCUT2D eigenvalue weighted by Crippen LogP contribution is -2.19. The van der Waals surface area contributed by atoms with Crippen LogP contribution in [0.1, 0.15) is 50.9 Å². The largest absolute Gasteiger partial charge is 0.477 e. The zero-order chi connectivity index (χ0) is 14.9. The lowest BCUT2D eigenvalue weighted by Gasteiger charge is -2.23. The lowest BCUT2D eigenvalue weighted by molar-refractivity contribution is 0.0592. The maximum absolute atomic E-state index is 12.0. The van der Waals surface area contributed by atoms with E-state index >= 15 is 0 Å². The topological polar surface area (TPSA) is 77.8 Å². The summed E-state index contributed by atoms with van der Waals surface area (Å²) in [4.78, 5) is 23.6. The van der Waals surface area contributed by atoms with Crippen LogP contribution >= 0.6 is 0 Å². The molecule has 0 radical (unpaired) electrons. The summed E-state index contributed by atoms with van der Waals surface area (Å²) in [5.41, 5.74) is 1.78. The standard InChI is InChI=1S/C14H19NO5/c1-8-10(14(18)19-3)11(9-4-6-20-7-5-9)12(13(16)17)15(8)2/h9H,4-7H2,1-3H3,(H,16,17). The number of esters is 1. The minimum absolute atomic E-state index is 0.0175. The van der Waals surface area contributed by atoms with Gasteiger partial charge in [-0.1, -0.05) is 0 Å². The third kappa shape index (κ3) is 2.31. The Morgan fingerprint density at radius 3 is 2.45 bits per heavy atom. The van der Waals surface area contributed by atoms with Crippen molar-refractivity contribution >= 4 is 11.9 Å². The molecule has 1 aliphatic rings. The molecular weight excluding hydrogens is 262 g/mol. The molecule has 0 bridgehead atoms. The van der Waals surface area contributed by atoms with E-state index in [4.69, 9.17) is 9.47 Å². The van der Waals surface area contributed by atoms with Crippen LogP contribution in [0.3, 0.4) is 0 Å². The maximum atomic E-state index is 12.0. The van der Waals surface area contributed by atoms with Gasteiger partial charge in [0.2, 0.25) is 0 Å². The third-order valence-electron chi connectivity index (χ3n) is 3.95. The molecule has 1 N–H and O–H groups in total. The summed E-state index contributed by atoms with van der Waals surface area (Å²) in [5.74, 6) is -1.48. The Morgan fingerprint density at radius 1 is 1.35 bits per heavy atom. The third-order valence-corrected chi connectivity index (χ3v) is 3.95. The van der Waals surface area contributed by atoms with Crippen molar-refractivity contribution in [3.63, 3.8) is 0 Å². The number of rotatable bonds is 3. The number of hydrogen-bond donors (Lipinski definition) is 1. The highest BCUT2D eigenvalue weighted by Gasteiger charge is 2.33. The summed E-state index contributed by atoms with van der Waals surface area (Å²) < 4.78 is 11.7. The summed E-state index contributed by atoms with van der Waals surface area (Å²) in [5, 5.41) is 9.47. The van der Waals surface area contributed by atoms with E-state index in [1.54, 1.807) is 18.5 Å². The molecule has 20 heavy (non-hydrogen) atoms. The van der Waals surface area contributed by atoms with E-state index in [1.165, 1.54) is 7.11 Å². The van der Waals surface area contributed by atoms with Crippen LogP contribution in [0.15, 0.2) is 0 Å². The second-order valence-electron chi connectivity index (χ2n) is 4.97. The number of nitrogens with zero attached hydrogens (tertiary/aromatic N) is 1. The molecule has 2 rings (SSSR count). The summed E-state index contributed by atoms with van der Waals surface area (Å²) in [7, 11) is 2.97. The zero-order valence-corrected chi connectivity index (χ0v) is 11.9. The minimum atomic E-state index is -1.02. The fraction of sp³-hybridized carbons (Fsp3) is 0.571. The van der Waals surface area contributed by atoms with Crippen LogP contribution in [0, 0.1) is 6.92 Å². The second kappa shape index (κ2) is 5.66. The highest BCUT2D eigenvalue weighted by molar-refractivity contribution is 5.98. The molecule has 1 aliphatic heterocycles. The summed E-state index contributed by atoms with van der Waals surface area (Å²) in [6.45, 7) is 2.90. The smallest absolute Gasteiger partial charge is 0.352 e. The molecule has 6 nitrogen and oxygen atoms in total. The number of aromatic carboxylic acids is 1. The molecule has 1 fully saturated rings. The van der Waals surface area contributed by atoms with Crippen LogP contribution in [-0.4, -0.2) is 41.9 Å². The number of carboxylic acids is 1. The van der Waals surface area contributed by atoms with Gasteiger partial charge in [0, 0.05) is 31.5 Å². The summed E-state index contributed by atoms with van der Waals surface area (Å²) in [6, 6.07) is 0. The lowest BCUT2D eigenvalue weighted by atomic mass is 9.88. The molecule has 1 aromatic heterocycles. The highest BCUT2D eigenvalue weighted by Crippen LogP contribution is 2.35. The Balaban J connectivity index is 2.63. The Morgan fingerprint density at radius 2 is 1.95 bits per heavy atom. The van der Waals surface area contributed by atoms with E-state index in [9.17, 15) is 14.7 Å². The quantitative estimate of drug-likeness (QED) is 0.853. The van der Waals surface area contributed by atoms with E-state index < -0.39 is 11.9 Å². The zero-order valence-electron chi connectivity index (χ0n) is 11.9. The van der Waals surface area contributed by atoms with Crippen LogP contribution in [0.5, 0.6) is 0 Å². The minimum Gasteiger partial charge on any atom is -0.477 e. The van der Waals surface area contributed by atoms with Crippen molar-refractivity contribution in [3.8, 4) is 0 Å². The van der Waals surface area contributed by atoms with Gasteiger partial charge in [0.15, 0.2) is 0 Å². The predicted octanol–water partition coefficient (Wildman–Crippen LogP) is 1.71. The molecule has 6 heteroatoms. The van der Waals surface area contributed by atoms with Gasteiger partial charge >= 0.3 is 11.9 Å². The average molecular weight is 281 g/mol. The Hall–Kier alpha value is -1.82. The Bertz CT molecular complexity index is 540. The van der Waals surface area contributed by atoms with Crippen molar-refractivity contribution in [2.75, 3.05) is 20.3 Å². The monoisotopic (exact) mass is 281 g/mol.